The van der Waals surface area contributed by atoms with Crippen LogP contribution in [0.4, 0.5) is 0 Å². The van der Waals surface area contributed by atoms with Gasteiger partial charge in [-0.15, -0.1) is 24.8 Å². The second kappa shape index (κ2) is 13.1. The summed E-state index contributed by atoms with van der Waals surface area (Å²) in [4.78, 5) is 32.4. The number of nitrogens with two attached hydrogens (primary N) is 1. The lowest BCUT2D eigenvalue weighted by Gasteiger charge is -2.41. The molecule has 0 aliphatic carbocycles. The van der Waals surface area contributed by atoms with Crippen LogP contribution in [0.2, 0.25) is 0 Å². The number of nitrogens with one attached hydrogen (secondary N) is 1. The van der Waals surface area contributed by atoms with E-state index in [9.17, 15) is 9.59 Å². The van der Waals surface area contributed by atoms with Crippen molar-refractivity contribution in [1.29, 1.82) is 0 Å². The van der Waals surface area contributed by atoms with Crippen molar-refractivity contribution in [2.45, 2.75) is 18.9 Å². The van der Waals surface area contributed by atoms with Gasteiger partial charge in [-0.25, -0.2) is 0 Å². The molecular weight excluding hydrogens is 425 g/mol. The summed E-state index contributed by atoms with van der Waals surface area (Å²) in [5.74, 6) is -0.0148. The average Bonchev–Trinajstić information content (AvgIpc) is 2.74. The number of benzene rings is 1. The molecule has 2 heterocycles. The average molecular weight is 460 g/mol. The number of halogens is 2. The molecule has 9 heteroatoms. The Labute approximate surface area is 192 Å². The Morgan fingerprint density at radius 3 is 2.40 bits per heavy atom. The van der Waals surface area contributed by atoms with Crippen LogP contribution >= 0.6 is 24.8 Å². The van der Waals surface area contributed by atoms with E-state index in [0.717, 1.165) is 51.1 Å². The maximum Gasteiger partial charge on any atom is 0.244 e. The fraction of sp³-hybridized carbons (Fsp3) is 0.619. The summed E-state index contributed by atoms with van der Waals surface area (Å²) in [6.45, 7) is 5.79. The molecule has 30 heavy (non-hydrogen) atoms. The van der Waals surface area contributed by atoms with Crippen molar-refractivity contribution in [3.63, 3.8) is 0 Å². The van der Waals surface area contributed by atoms with Gasteiger partial charge in [0.2, 0.25) is 11.8 Å². The molecule has 2 aliphatic rings. The molecule has 1 aromatic rings. The highest BCUT2D eigenvalue weighted by Crippen LogP contribution is 2.27. The number of carbonyl (C=O) groups excluding carboxylic acids is 2. The summed E-state index contributed by atoms with van der Waals surface area (Å²) in [6.07, 6.45) is 1.68. The normalized spacial score (nSPS) is 21.1. The van der Waals surface area contributed by atoms with Gasteiger partial charge in [0.25, 0.3) is 0 Å². The van der Waals surface area contributed by atoms with Gasteiger partial charge in [0, 0.05) is 52.4 Å². The summed E-state index contributed by atoms with van der Waals surface area (Å²) in [5, 5.41) is 2.87. The summed E-state index contributed by atoms with van der Waals surface area (Å²) < 4.78 is 0. The zero-order valence-electron chi connectivity index (χ0n) is 17.7. The zero-order chi connectivity index (χ0) is 19.9. The molecule has 1 aromatic carbocycles. The molecule has 3 N–H and O–H groups in total. The molecule has 7 nitrogen and oxygen atoms in total. The van der Waals surface area contributed by atoms with Crippen molar-refractivity contribution >= 4 is 36.6 Å². The number of hydrogen-bond donors (Lipinski definition) is 2. The zero-order valence-corrected chi connectivity index (χ0v) is 19.3. The quantitative estimate of drug-likeness (QED) is 0.666. The van der Waals surface area contributed by atoms with Crippen LogP contribution in [-0.2, 0) is 9.59 Å². The highest BCUT2D eigenvalue weighted by molar-refractivity contribution is 5.86. The van der Waals surface area contributed by atoms with Crippen molar-refractivity contribution in [2.75, 3.05) is 59.4 Å². The Kier molecular flexibility index (Phi) is 11.7. The van der Waals surface area contributed by atoms with E-state index in [1.54, 1.807) is 0 Å². The van der Waals surface area contributed by atoms with Crippen LogP contribution < -0.4 is 11.1 Å². The second-order valence-corrected chi connectivity index (χ2v) is 7.86. The van der Waals surface area contributed by atoms with E-state index in [0.29, 0.717) is 19.6 Å². The molecule has 2 amide bonds. The molecule has 0 aromatic heterocycles. The number of carbonyl (C=O) groups is 2. The summed E-state index contributed by atoms with van der Waals surface area (Å²) in [6, 6.07) is 9.76. The number of nitrogens with zero attached hydrogens (tertiary/aromatic N) is 3. The number of piperidine rings is 1. The maximum absolute atomic E-state index is 13.6. The molecule has 0 bridgehead atoms. The van der Waals surface area contributed by atoms with Crippen molar-refractivity contribution in [3.05, 3.63) is 35.9 Å². The summed E-state index contributed by atoms with van der Waals surface area (Å²) >= 11 is 0. The first-order valence-corrected chi connectivity index (χ1v) is 10.3. The Morgan fingerprint density at radius 1 is 1.10 bits per heavy atom. The van der Waals surface area contributed by atoms with Crippen LogP contribution in [0.1, 0.15) is 24.4 Å². The number of likely N-dealkylation sites (N-methyl/N-ethyl adjacent to an activating group) is 1. The van der Waals surface area contributed by atoms with Gasteiger partial charge >= 0.3 is 0 Å². The van der Waals surface area contributed by atoms with Gasteiger partial charge in [0.1, 0.15) is 6.04 Å². The molecular formula is C21H35Cl2N5O2. The van der Waals surface area contributed by atoms with Gasteiger partial charge in [-0.1, -0.05) is 30.3 Å². The van der Waals surface area contributed by atoms with Gasteiger partial charge in [-0.3, -0.25) is 14.5 Å². The lowest BCUT2D eigenvalue weighted by Crippen LogP contribution is -2.53. The van der Waals surface area contributed by atoms with E-state index in [4.69, 9.17) is 5.73 Å². The fourth-order valence-electron chi connectivity index (χ4n) is 4.13. The highest BCUT2D eigenvalue weighted by Gasteiger charge is 2.36. The largest absolute Gasteiger partial charge is 0.355 e. The molecule has 170 valence electrons. The van der Waals surface area contributed by atoms with E-state index in [1.807, 2.05) is 35.2 Å². The first kappa shape index (κ1) is 26.7. The minimum absolute atomic E-state index is 0. The van der Waals surface area contributed by atoms with Crippen molar-refractivity contribution in [3.8, 4) is 0 Å². The van der Waals surface area contributed by atoms with Gasteiger partial charge in [0.05, 0.1) is 5.92 Å². The minimum Gasteiger partial charge on any atom is -0.355 e. The van der Waals surface area contributed by atoms with Gasteiger partial charge in [-0.2, -0.15) is 0 Å². The smallest absolute Gasteiger partial charge is 0.244 e. The van der Waals surface area contributed by atoms with Gasteiger partial charge in [0.15, 0.2) is 0 Å². The highest BCUT2D eigenvalue weighted by atomic mass is 35.5. The fourth-order valence-corrected chi connectivity index (χ4v) is 4.13. The van der Waals surface area contributed by atoms with E-state index in [-0.39, 0.29) is 48.6 Å². The lowest BCUT2D eigenvalue weighted by molar-refractivity contribution is -0.141. The van der Waals surface area contributed by atoms with E-state index in [2.05, 4.69) is 22.2 Å². The van der Waals surface area contributed by atoms with Crippen LogP contribution in [0, 0.1) is 5.92 Å². The predicted molar refractivity (Wildman–Crippen MR) is 124 cm³/mol. The minimum atomic E-state index is -0.277. The van der Waals surface area contributed by atoms with Crippen LogP contribution in [0.25, 0.3) is 0 Å². The molecule has 0 radical (unpaired) electrons. The predicted octanol–water partition coefficient (Wildman–Crippen LogP) is 1.13. The van der Waals surface area contributed by atoms with Gasteiger partial charge in [-0.05, 0) is 25.5 Å². The Balaban J connectivity index is 0.00000225. The first-order chi connectivity index (χ1) is 13.6. The monoisotopic (exact) mass is 459 g/mol. The van der Waals surface area contributed by atoms with Crippen molar-refractivity contribution in [1.82, 2.24) is 20.0 Å². The van der Waals surface area contributed by atoms with E-state index >= 15 is 0 Å². The maximum atomic E-state index is 13.6. The lowest BCUT2D eigenvalue weighted by atomic mass is 9.95. The first-order valence-electron chi connectivity index (χ1n) is 10.3. The molecule has 2 saturated heterocycles. The third-order valence-corrected chi connectivity index (χ3v) is 5.80. The molecule has 3 rings (SSSR count). The number of piperazine rings is 1. The van der Waals surface area contributed by atoms with Crippen LogP contribution in [0.15, 0.2) is 30.3 Å². The molecule has 2 fully saturated rings. The van der Waals surface area contributed by atoms with E-state index in [1.165, 1.54) is 0 Å². The third-order valence-electron chi connectivity index (χ3n) is 5.80. The Morgan fingerprint density at radius 2 is 1.77 bits per heavy atom. The summed E-state index contributed by atoms with van der Waals surface area (Å²) in [7, 11) is 2.12. The molecule has 0 spiro atoms. The van der Waals surface area contributed by atoms with E-state index < -0.39 is 0 Å². The summed E-state index contributed by atoms with van der Waals surface area (Å²) in [5.41, 5.74) is 6.52. The molecule has 2 atom stereocenters. The molecule has 0 saturated carbocycles. The molecule has 2 aliphatic heterocycles. The Hall–Kier alpha value is -1.38. The van der Waals surface area contributed by atoms with Crippen LogP contribution in [-0.4, -0.2) is 85.9 Å². The number of likely N-dealkylation sites (tertiary alicyclic amines) is 1. The number of rotatable bonds is 6. The molecule has 2 unspecified atom stereocenters. The van der Waals surface area contributed by atoms with Crippen LogP contribution in [0.3, 0.4) is 0 Å². The SMILES string of the molecule is CN1CCN(C(C(=O)N2CCCC(C(=O)NCCN)C2)c2ccccc2)CC1.Cl.Cl. The van der Waals surface area contributed by atoms with Crippen molar-refractivity contribution in [2.24, 2.45) is 11.7 Å². The van der Waals surface area contributed by atoms with Gasteiger partial charge < -0.3 is 20.9 Å². The number of hydrogen-bond acceptors (Lipinski definition) is 5. The number of amides is 2. The third kappa shape index (κ3) is 6.82. The standard InChI is InChI=1S/C21H33N5O2.2ClH/c1-24-12-14-25(15-13-24)19(17-6-3-2-4-7-17)21(28)26-11-5-8-18(16-26)20(27)23-10-9-22;;/h2-4,6-7,18-19H,5,8-16,22H2,1H3,(H,23,27);2*1H. The van der Waals surface area contributed by atoms with Crippen molar-refractivity contribution < 1.29 is 9.59 Å². The second-order valence-electron chi connectivity index (χ2n) is 7.86. The Bertz CT molecular complexity index is 656. The topological polar surface area (TPSA) is 81.9 Å². The van der Waals surface area contributed by atoms with Crippen LogP contribution in [0.5, 0.6) is 0 Å².